The molecule has 0 saturated heterocycles. The first-order chi connectivity index (χ1) is 7.35. The van der Waals surface area contributed by atoms with Crippen LogP contribution < -0.4 is 10.7 Å². The van der Waals surface area contributed by atoms with Crippen LogP contribution in [0.4, 0.5) is 0 Å². The van der Waals surface area contributed by atoms with Gasteiger partial charge in [-0.3, -0.25) is 0 Å². The molecule has 0 aliphatic heterocycles. The second-order valence-corrected chi connectivity index (χ2v) is 3.45. The number of quaternary nitrogens is 1. The van der Waals surface area contributed by atoms with Crippen molar-refractivity contribution in [2.75, 3.05) is 0 Å². The smallest absolute Gasteiger partial charge is 0.178 e. The van der Waals surface area contributed by atoms with Crippen LogP contribution >= 0.6 is 0 Å². The van der Waals surface area contributed by atoms with Crippen LogP contribution in [0.5, 0.6) is 0 Å². The van der Waals surface area contributed by atoms with Gasteiger partial charge in [-0.2, -0.15) is 0 Å². The van der Waals surface area contributed by atoms with E-state index in [0.29, 0.717) is 6.54 Å². The molecule has 0 spiro atoms. The van der Waals surface area contributed by atoms with Crippen molar-refractivity contribution >= 4 is 0 Å². The number of hydrogen-bond acceptors (Lipinski definition) is 1. The Balaban J connectivity index is 2.44. The number of aromatic nitrogens is 1. The van der Waals surface area contributed by atoms with Crippen molar-refractivity contribution in [3.63, 3.8) is 0 Å². The van der Waals surface area contributed by atoms with Crippen LogP contribution in [0.1, 0.15) is 18.2 Å². The summed E-state index contributed by atoms with van der Waals surface area (Å²) in [6.07, 6.45) is 4.92. The lowest BCUT2D eigenvalue weighted by Gasteiger charge is -1.99. The minimum absolute atomic E-state index is 0.692. The first-order valence-corrected chi connectivity index (χ1v) is 5.22. The Morgan fingerprint density at radius 1 is 1.33 bits per heavy atom. The van der Waals surface area contributed by atoms with Gasteiger partial charge in [0, 0.05) is 6.07 Å². The molecule has 15 heavy (non-hydrogen) atoms. The van der Waals surface area contributed by atoms with E-state index in [-0.39, 0.29) is 0 Å². The van der Waals surface area contributed by atoms with Crippen LogP contribution in [0.3, 0.4) is 0 Å². The molecular weight excluding hydrogens is 188 g/mol. The summed E-state index contributed by atoms with van der Waals surface area (Å²) < 4.78 is 5.68. The Kier molecular flexibility index (Phi) is 2.83. The van der Waals surface area contributed by atoms with E-state index in [1.165, 1.54) is 5.56 Å². The summed E-state index contributed by atoms with van der Waals surface area (Å²) in [7, 11) is 0. The third kappa shape index (κ3) is 1.92. The van der Waals surface area contributed by atoms with Crippen molar-refractivity contribution < 1.29 is 15.1 Å². The fourth-order valence-electron chi connectivity index (χ4n) is 1.66. The normalized spacial score (nSPS) is 10.5. The fourth-order valence-corrected chi connectivity index (χ4v) is 1.66. The first kappa shape index (κ1) is 9.93. The van der Waals surface area contributed by atoms with Crippen LogP contribution in [0.2, 0.25) is 0 Å². The predicted molar refractivity (Wildman–Crippen MR) is 56.7 cm³/mol. The highest BCUT2D eigenvalue weighted by molar-refractivity contribution is 5.60. The number of H-pyrrole nitrogens is 1. The minimum Gasteiger partial charge on any atom is -0.455 e. The second kappa shape index (κ2) is 4.28. The topological polar surface area (TPSA) is 54.9 Å². The number of aromatic amines is 1. The standard InChI is InChI=1S/C12H14N2O/c1-2-9-5-6-14-8-11(9)12-4-3-10(7-13)15-12/h3-6,8H,2,7,13H2,1H3/p+2. The Labute approximate surface area is 88.9 Å². The SMILES string of the molecule is CCc1cc[nH+]cc1-c1ccc(C[NH3+])o1. The van der Waals surface area contributed by atoms with Crippen LogP contribution in [0.25, 0.3) is 11.3 Å². The number of hydrogen-bond donors (Lipinski definition) is 1. The number of aryl methyl sites for hydroxylation is 1. The number of nitrogens with one attached hydrogen (secondary N) is 1. The molecule has 78 valence electrons. The number of rotatable bonds is 3. The van der Waals surface area contributed by atoms with Gasteiger partial charge in [0.1, 0.15) is 12.3 Å². The molecule has 0 aliphatic carbocycles. The van der Waals surface area contributed by atoms with Crippen LogP contribution in [-0.2, 0) is 13.0 Å². The summed E-state index contributed by atoms with van der Waals surface area (Å²) in [5.41, 5.74) is 6.23. The highest BCUT2D eigenvalue weighted by atomic mass is 16.3. The zero-order valence-corrected chi connectivity index (χ0v) is 8.92. The number of furan rings is 1. The van der Waals surface area contributed by atoms with Gasteiger partial charge in [0.25, 0.3) is 0 Å². The molecule has 0 radical (unpaired) electrons. The van der Waals surface area contributed by atoms with Gasteiger partial charge in [-0.1, -0.05) is 6.92 Å². The lowest BCUT2D eigenvalue weighted by atomic mass is 10.1. The van der Waals surface area contributed by atoms with E-state index in [9.17, 15) is 0 Å². The van der Waals surface area contributed by atoms with Gasteiger partial charge in [0.2, 0.25) is 0 Å². The zero-order valence-electron chi connectivity index (χ0n) is 8.92. The third-order valence-corrected chi connectivity index (χ3v) is 2.51. The molecule has 0 atom stereocenters. The summed E-state index contributed by atoms with van der Waals surface area (Å²) >= 11 is 0. The van der Waals surface area contributed by atoms with Gasteiger partial charge in [0.05, 0.1) is 5.56 Å². The monoisotopic (exact) mass is 204 g/mol. The molecule has 0 aromatic carbocycles. The van der Waals surface area contributed by atoms with Crippen molar-refractivity contribution in [1.82, 2.24) is 0 Å². The Hall–Kier alpha value is -1.61. The lowest BCUT2D eigenvalue weighted by molar-refractivity contribution is -0.390. The second-order valence-electron chi connectivity index (χ2n) is 3.45. The van der Waals surface area contributed by atoms with Gasteiger partial charge in [-0.05, 0) is 24.1 Å². The highest BCUT2D eigenvalue weighted by Crippen LogP contribution is 2.24. The molecule has 0 saturated carbocycles. The Morgan fingerprint density at radius 3 is 2.87 bits per heavy atom. The quantitative estimate of drug-likeness (QED) is 0.798. The summed E-state index contributed by atoms with van der Waals surface area (Å²) in [4.78, 5) is 3.09. The van der Waals surface area contributed by atoms with Gasteiger partial charge in [0.15, 0.2) is 18.2 Å². The number of pyridine rings is 1. The van der Waals surface area contributed by atoms with Crippen molar-refractivity contribution in [1.29, 1.82) is 0 Å². The van der Waals surface area contributed by atoms with E-state index in [1.54, 1.807) is 0 Å². The van der Waals surface area contributed by atoms with Gasteiger partial charge < -0.3 is 10.2 Å². The van der Waals surface area contributed by atoms with E-state index in [0.717, 1.165) is 23.5 Å². The van der Waals surface area contributed by atoms with E-state index in [4.69, 9.17) is 4.42 Å². The summed E-state index contributed by atoms with van der Waals surface area (Å²) in [5, 5.41) is 0. The van der Waals surface area contributed by atoms with Crippen molar-refractivity contribution in [2.45, 2.75) is 19.9 Å². The molecule has 0 amide bonds. The highest BCUT2D eigenvalue weighted by Gasteiger charge is 2.10. The molecule has 0 bridgehead atoms. The molecule has 0 aliphatic rings. The van der Waals surface area contributed by atoms with E-state index >= 15 is 0 Å². The molecule has 3 nitrogen and oxygen atoms in total. The largest absolute Gasteiger partial charge is 0.455 e. The molecule has 0 unspecified atom stereocenters. The molecule has 4 N–H and O–H groups in total. The molecule has 3 heteroatoms. The molecule has 0 fully saturated rings. The van der Waals surface area contributed by atoms with E-state index in [1.807, 2.05) is 24.5 Å². The summed E-state index contributed by atoms with van der Waals surface area (Å²) in [5.74, 6) is 1.85. The predicted octanol–water partition coefficient (Wildman–Crippen LogP) is 1.06. The van der Waals surface area contributed by atoms with E-state index < -0.39 is 0 Å². The first-order valence-electron chi connectivity index (χ1n) is 5.22. The fraction of sp³-hybridized carbons (Fsp3) is 0.250. The van der Waals surface area contributed by atoms with E-state index in [2.05, 4.69) is 23.7 Å². The Bertz CT molecular complexity index is 448. The Morgan fingerprint density at radius 2 is 2.20 bits per heavy atom. The maximum absolute atomic E-state index is 5.68. The van der Waals surface area contributed by atoms with Crippen molar-refractivity contribution in [3.05, 3.63) is 41.9 Å². The van der Waals surface area contributed by atoms with Crippen LogP contribution in [-0.4, -0.2) is 0 Å². The maximum atomic E-state index is 5.68. The molecule has 2 aromatic heterocycles. The van der Waals surface area contributed by atoms with Crippen LogP contribution in [0, 0.1) is 0 Å². The molecule has 2 heterocycles. The molecular formula is C12H16N2O+2. The molecule has 2 rings (SSSR count). The van der Waals surface area contributed by atoms with Crippen molar-refractivity contribution in [3.8, 4) is 11.3 Å². The lowest BCUT2D eigenvalue weighted by Crippen LogP contribution is -2.47. The van der Waals surface area contributed by atoms with Gasteiger partial charge >= 0.3 is 0 Å². The minimum atomic E-state index is 0.692. The third-order valence-electron chi connectivity index (χ3n) is 2.51. The molecule has 2 aromatic rings. The zero-order chi connectivity index (χ0) is 10.7. The summed E-state index contributed by atoms with van der Waals surface area (Å²) in [6, 6.07) is 6.07. The van der Waals surface area contributed by atoms with Gasteiger partial charge in [-0.15, -0.1) is 0 Å². The van der Waals surface area contributed by atoms with Crippen LogP contribution in [0.15, 0.2) is 35.0 Å². The van der Waals surface area contributed by atoms with Crippen molar-refractivity contribution in [2.24, 2.45) is 0 Å². The average molecular weight is 204 g/mol. The summed E-state index contributed by atoms with van der Waals surface area (Å²) in [6.45, 7) is 2.84. The van der Waals surface area contributed by atoms with Gasteiger partial charge in [-0.25, -0.2) is 4.98 Å². The maximum Gasteiger partial charge on any atom is 0.178 e. The average Bonchev–Trinajstić information content (AvgIpc) is 2.77.